The van der Waals surface area contributed by atoms with Gasteiger partial charge in [0.15, 0.2) is 0 Å². The van der Waals surface area contributed by atoms with Crippen LogP contribution in [0.15, 0.2) is 66.9 Å². The third-order valence-electron chi connectivity index (χ3n) is 4.28. The molecule has 5 heteroatoms. The molecule has 0 saturated heterocycles. The molecule has 4 nitrogen and oxygen atoms in total. The van der Waals surface area contributed by atoms with E-state index in [0.717, 1.165) is 16.8 Å². The summed E-state index contributed by atoms with van der Waals surface area (Å²) >= 11 is 6.30. The van der Waals surface area contributed by atoms with Gasteiger partial charge in [-0.05, 0) is 42.8 Å². The van der Waals surface area contributed by atoms with E-state index in [4.69, 9.17) is 11.6 Å². The van der Waals surface area contributed by atoms with Crippen molar-refractivity contribution in [3.05, 3.63) is 88.6 Å². The number of benzene rings is 2. The van der Waals surface area contributed by atoms with Crippen molar-refractivity contribution in [2.24, 2.45) is 0 Å². The van der Waals surface area contributed by atoms with E-state index in [1.165, 1.54) is 0 Å². The molecular formula is C20H16ClN3O. The van der Waals surface area contributed by atoms with Gasteiger partial charge < -0.3 is 5.32 Å². The van der Waals surface area contributed by atoms with Crippen LogP contribution in [-0.2, 0) is 0 Å². The third kappa shape index (κ3) is 2.75. The summed E-state index contributed by atoms with van der Waals surface area (Å²) in [7, 11) is 0. The number of pyridine rings is 1. The zero-order valence-electron chi connectivity index (χ0n) is 13.6. The number of nitrogens with zero attached hydrogens (tertiary/aromatic N) is 2. The second-order valence-electron chi connectivity index (χ2n) is 5.98. The van der Waals surface area contributed by atoms with Gasteiger partial charge in [0.25, 0.3) is 5.91 Å². The molecule has 1 atom stereocenters. The third-order valence-corrected chi connectivity index (χ3v) is 4.61. The molecule has 1 amide bonds. The van der Waals surface area contributed by atoms with E-state index in [2.05, 4.69) is 10.3 Å². The fourth-order valence-corrected chi connectivity index (χ4v) is 3.26. The van der Waals surface area contributed by atoms with Gasteiger partial charge in [-0.2, -0.15) is 0 Å². The van der Waals surface area contributed by atoms with Crippen molar-refractivity contribution >= 4 is 29.0 Å². The predicted molar refractivity (Wildman–Crippen MR) is 100 cm³/mol. The van der Waals surface area contributed by atoms with E-state index in [-0.39, 0.29) is 12.1 Å². The monoisotopic (exact) mass is 349 g/mol. The van der Waals surface area contributed by atoms with Crippen LogP contribution in [0.2, 0.25) is 5.02 Å². The van der Waals surface area contributed by atoms with Crippen LogP contribution in [-0.4, -0.2) is 10.9 Å². The first-order chi connectivity index (χ1) is 12.1. The van der Waals surface area contributed by atoms with Crippen molar-refractivity contribution in [2.75, 3.05) is 10.2 Å². The molecule has 1 aromatic heterocycles. The van der Waals surface area contributed by atoms with Crippen LogP contribution in [0.3, 0.4) is 0 Å². The number of aryl methyl sites for hydroxylation is 1. The Balaban J connectivity index is 1.82. The van der Waals surface area contributed by atoms with Crippen LogP contribution < -0.4 is 10.2 Å². The van der Waals surface area contributed by atoms with Gasteiger partial charge in [-0.15, -0.1) is 0 Å². The molecule has 3 aromatic rings. The number of hydrogen-bond acceptors (Lipinski definition) is 3. The number of para-hydroxylation sites is 1. The van der Waals surface area contributed by atoms with E-state index in [0.29, 0.717) is 16.4 Å². The lowest BCUT2D eigenvalue weighted by Crippen LogP contribution is -2.33. The number of nitrogens with one attached hydrogen (secondary N) is 1. The highest BCUT2D eigenvalue weighted by atomic mass is 35.5. The second-order valence-corrected chi connectivity index (χ2v) is 6.39. The first-order valence-electron chi connectivity index (χ1n) is 8.01. The van der Waals surface area contributed by atoms with Gasteiger partial charge in [0.1, 0.15) is 12.0 Å². The minimum absolute atomic E-state index is 0.0711. The molecule has 25 heavy (non-hydrogen) atoms. The van der Waals surface area contributed by atoms with Gasteiger partial charge in [0.2, 0.25) is 0 Å². The summed E-state index contributed by atoms with van der Waals surface area (Å²) in [6, 6.07) is 18.9. The molecule has 1 aliphatic rings. The Hall–Kier alpha value is -2.85. The largest absolute Gasteiger partial charge is 0.360 e. The van der Waals surface area contributed by atoms with E-state index in [9.17, 15) is 4.79 Å². The maximum atomic E-state index is 13.0. The molecule has 2 aromatic carbocycles. The lowest BCUT2D eigenvalue weighted by atomic mass is 10.1. The lowest BCUT2D eigenvalue weighted by Gasteiger charge is -2.26. The number of aromatic nitrogens is 1. The van der Waals surface area contributed by atoms with E-state index < -0.39 is 0 Å². The molecule has 0 bridgehead atoms. The van der Waals surface area contributed by atoms with Crippen LogP contribution in [0.25, 0.3) is 0 Å². The Labute approximate surface area is 151 Å². The lowest BCUT2D eigenvalue weighted by molar-refractivity contribution is 0.0992. The fourth-order valence-electron chi connectivity index (χ4n) is 3.07. The Morgan fingerprint density at radius 1 is 1.08 bits per heavy atom. The quantitative estimate of drug-likeness (QED) is 0.737. The van der Waals surface area contributed by atoms with Gasteiger partial charge >= 0.3 is 0 Å². The second kappa shape index (κ2) is 6.22. The van der Waals surface area contributed by atoms with Crippen LogP contribution >= 0.6 is 11.6 Å². The van der Waals surface area contributed by atoms with Crippen molar-refractivity contribution in [3.8, 4) is 0 Å². The van der Waals surface area contributed by atoms with E-state index in [1.807, 2.05) is 67.6 Å². The Morgan fingerprint density at radius 3 is 2.64 bits per heavy atom. The number of rotatable bonds is 3. The maximum absolute atomic E-state index is 13.0. The molecule has 1 N–H and O–H groups in total. The van der Waals surface area contributed by atoms with Crippen molar-refractivity contribution < 1.29 is 4.79 Å². The summed E-state index contributed by atoms with van der Waals surface area (Å²) in [5.74, 6) is 0.545. The van der Waals surface area contributed by atoms with Gasteiger partial charge in [-0.3, -0.25) is 9.69 Å². The first kappa shape index (κ1) is 15.7. The molecule has 2 heterocycles. The molecule has 0 radical (unpaired) electrons. The zero-order chi connectivity index (χ0) is 17.4. The van der Waals surface area contributed by atoms with Gasteiger partial charge in [0, 0.05) is 17.3 Å². The number of amides is 1. The van der Waals surface area contributed by atoms with Crippen LogP contribution in [0.4, 0.5) is 11.5 Å². The molecule has 0 unspecified atom stereocenters. The smallest absolute Gasteiger partial charge is 0.261 e. The number of halogens is 1. The SMILES string of the molecule is Cc1ccnc(N2C(=O)c3ccccc3[C@H]2Nc2ccccc2Cl)c1. The summed E-state index contributed by atoms with van der Waals surface area (Å²) in [5.41, 5.74) is 3.41. The highest BCUT2D eigenvalue weighted by Gasteiger charge is 2.38. The van der Waals surface area contributed by atoms with Crippen molar-refractivity contribution in [1.82, 2.24) is 4.98 Å². The molecule has 4 rings (SSSR count). The van der Waals surface area contributed by atoms with E-state index >= 15 is 0 Å². The average Bonchev–Trinajstić information content (AvgIpc) is 2.90. The molecule has 0 saturated carbocycles. The Kier molecular flexibility index (Phi) is 3.90. The average molecular weight is 350 g/mol. The Morgan fingerprint density at radius 2 is 1.84 bits per heavy atom. The van der Waals surface area contributed by atoms with Gasteiger partial charge in [-0.25, -0.2) is 4.98 Å². The van der Waals surface area contributed by atoms with Crippen molar-refractivity contribution in [1.29, 1.82) is 0 Å². The summed E-state index contributed by atoms with van der Waals surface area (Å²) in [4.78, 5) is 19.1. The maximum Gasteiger partial charge on any atom is 0.261 e. The summed E-state index contributed by atoms with van der Waals surface area (Å²) < 4.78 is 0. The normalized spacial score (nSPS) is 16.0. The summed E-state index contributed by atoms with van der Waals surface area (Å²) in [6.45, 7) is 1.98. The summed E-state index contributed by atoms with van der Waals surface area (Å²) in [5, 5.41) is 4.00. The number of anilines is 2. The van der Waals surface area contributed by atoms with Crippen LogP contribution in [0.5, 0.6) is 0 Å². The Bertz CT molecular complexity index is 957. The molecular weight excluding hydrogens is 334 g/mol. The fraction of sp³-hybridized carbons (Fsp3) is 0.100. The van der Waals surface area contributed by atoms with Crippen LogP contribution in [0, 0.1) is 6.92 Å². The molecule has 0 fully saturated rings. The van der Waals surface area contributed by atoms with E-state index in [1.54, 1.807) is 11.1 Å². The molecule has 1 aliphatic heterocycles. The minimum atomic E-state index is -0.363. The highest BCUT2D eigenvalue weighted by Crippen LogP contribution is 2.38. The summed E-state index contributed by atoms with van der Waals surface area (Å²) in [6.07, 6.45) is 1.35. The molecule has 124 valence electrons. The van der Waals surface area contributed by atoms with Gasteiger partial charge in [0.05, 0.1) is 10.7 Å². The minimum Gasteiger partial charge on any atom is -0.360 e. The topological polar surface area (TPSA) is 45.2 Å². The standard InChI is InChI=1S/C20H16ClN3O/c1-13-10-11-22-18(12-13)24-19(23-17-9-5-4-8-16(17)21)14-6-2-3-7-15(14)20(24)25/h2-12,19,23H,1H3/t19-/m0/s1. The molecule has 0 spiro atoms. The zero-order valence-corrected chi connectivity index (χ0v) is 14.4. The number of fused-ring (bicyclic) bond motifs is 1. The van der Waals surface area contributed by atoms with Gasteiger partial charge in [-0.1, -0.05) is 41.9 Å². The number of carbonyl (C=O) groups excluding carboxylic acids is 1. The van der Waals surface area contributed by atoms with Crippen LogP contribution in [0.1, 0.15) is 27.7 Å². The van der Waals surface area contributed by atoms with Crippen molar-refractivity contribution in [2.45, 2.75) is 13.1 Å². The van der Waals surface area contributed by atoms with Crippen molar-refractivity contribution in [3.63, 3.8) is 0 Å². The predicted octanol–water partition coefficient (Wildman–Crippen LogP) is 4.81. The molecule has 0 aliphatic carbocycles. The highest BCUT2D eigenvalue weighted by molar-refractivity contribution is 6.33. The number of hydrogen-bond donors (Lipinski definition) is 1. The number of carbonyl (C=O) groups is 1. The first-order valence-corrected chi connectivity index (χ1v) is 8.39.